The number of hydrogen-bond donors (Lipinski definition) is 3. The molecule has 0 spiro atoms. The van der Waals surface area contributed by atoms with Gasteiger partial charge in [0.05, 0.1) is 10.9 Å². The maximum Gasteiger partial charge on any atom is 0.251 e. The van der Waals surface area contributed by atoms with E-state index >= 15 is 0 Å². The monoisotopic (exact) mass is 576 g/mol. The van der Waals surface area contributed by atoms with Gasteiger partial charge in [-0.2, -0.15) is 0 Å². The van der Waals surface area contributed by atoms with Gasteiger partial charge in [-0.15, -0.1) is 11.8 Å². The highest BCUT2D eigenvalue weighted by Crippen LogP contribution is 2.46. The molecule has 0 radical (unpaired) electrons. The first-order valence-corrected chi connectivity index (χ1v) is 14.4. The number of benzene rings is 3. The first kappa shape index (κ1) is 27.7. The van der Waals surface area contributed by atoms with Gasteiger partial charge >= 0.3 is 0 Å². The lowest BCUT2D eigenvalue weighted by Gasteiger charge is -2.29. The molecule has 5 rings (SSSR count). The molecule has 40 heavy (non-hydrogen) atoms. The molecule has 3 N–H and O–H groups in total. The van der Waals surface area contributed by atoms with Crippen molar-refractivity contribution in [2.45, 2.75) is 41.5 Å². The van der Waals surface area contributed by atoms with Crippen molar-refractivity contribution in [3.8, 4) is 0 Å². The van der Waals surface area contributed by atoms with Gasteiger partial charge in [0, 0.05) is 22.9 Å². The summed E-state index contributed by atoms with van der Waals surface area (Å²) in [7, 11) is 0. The molecule has 0 aliphatic carbocycles. The number of halogens is 1. The summed E-state index contributed by atoms with van der Waals surface area (Å²) in [5, 5.41) is 8.48. The second-order valence-electron chi connectivity index (χ2n) is 9.72. The Balaban J connectivity index is 1.43. The van der Waals surface area contributed by atoms with Gasteiger partial charge in [0.25, 0.3) is 5.91 Å². The number of amides is 4. The van der Waals surface area contributed by atoms with Crippen LogP contribution in [0, 0.1) is 0 Å². The second-order valence-corrected chi connectivity index (χ2v) is 11.3. The van der Waals surface area contributed by atoms with Crippen molar-refractivity contribution in [2.75, 3.05) is 18.0 Å². The predicted octanol–water partition coefficient (Wildman–Crippen LogP) is 3.64. The quantitative estimate of drug-likeness (QED) is 0.379. The van der Waals surface area contributed by atoms with E-state index in [1.165, 1.54) is 16.7 Å². The van der Waals surface area contributed by atoms with Crippen LogP contribution in [0.25, 0.3) is 0 Å². The number of rotatable bonds is 8. The smallest absolute Gasteiger partial charge is 0.251 e. The maximum atomic E-state index is 14.2. The normalized spacial score (nSPS) is 20.3. The van der Waals surface area contributed by atoms with Crippen LogP contribution in [0.3, 0.4) is 0 Å². The molecular formula is C30H29ClN4O4S. The summed E-state index contributed by atoms with van der Waals surface area (Å²) in [4.78, 5) is 54.4. The van der Waals surface area contributed by atoms with Crippen molar-refractivity contribution in [3.63, 3.8) is 0 Å². The Labute approximate surface area is 241 Å². The molecule has 0 unspecified atom stereocenters. The lowest BCUT2D eigenvalue weighted by molar-refractivity contribution is -0.130. The minimum absolute atomic E-state index is 0.197. The average molecular weight is 577 g/mol. The molecule has 3 atom stereocenters. The van der Waals surface area contributed by atoms with E-state index < -0.39 is 29.1 Å². The van der Waals surface area contributed by atoms with Gasteiger partial charge in [-0.1, -0.05) is 72.3 Å². The highest BCUT2D eigenvalue weighted by molar-refractivity contribution is 7.99. The fourth-order valence-corrected chi connectivity index (χ4v) is 6.50. The topological polar surface area (TPSA) is 108 Å². The molecule has 206 valence electrons. The SMILES string of the molecule is O=C(CN1C(=O)[C@H](NC(=O)[C@@H]2CCC(=O)N2)[C@@H](c2ccccc2)Sc2cc(Cl)ccc21)NCCc1ccccc1. The van der Waals surface area contributed by atoms with Crippen LogP contribution in [0.15, 0.2) is 83.8 Å². The summed E-state index contributed by atoms with van der Waals surface area (Å²) < 4.78 is 0. The van der Waals surface area contributed by atoms with Gasteiger partial charge in [0.15, 0.2) is 0 Å². The van der Waals surface area contributed by atoms with E-state index in [0.717, 1.165) is 16.0 Å². The minimum atomic E-state index is -0.999. The number of carbonyl (C=O) groups is 4. The predicted molar refractivity (Wildman–Crippen MR) is 155 cm³/mol. The van der Waals surface area contributed by atoms with Gasteiger partial charge < -0.3 is 20.9 Å². The summed E-state index contributed by atoms with van der Waals surface area (Å²) in [6.45, 7) is 0.193. The lowest BCUT2D eigenvalue weighted by atomic mass is 10.0. The van der Waals surface area contributed by atoms with Crippen LogP contribution in [-0.2, 0) is 25.6 Å². The van der Waals surface area contributed by atoms with Crippen LogP contribution in [0.4, 0.5) is 5.69 Å². The highest BCUT2D eigenvalue weighted by Gasteiger charge is 2.41. The van der Waals surface area contributed by atoms with Crippen molar-refractivity contribution < 1.29 is 19.2 Å². The van der Waals surface area contributed by atoms with Crippen LogP contribution in [-0.4, -0.2) is 48.8 Å². The average Bonchev–Trinajstić information content (AvgIpc) is 3.37. The molecular weight excluding hydrogens is 548 g/mol. The molecule has 0 saturated carbocycles. The Morgan fingerprint density at radius 2 is 1.73 bits per heavy atom. The van der Waals surface area contributed by atoms with E-state index in [4.69, 9.17) is 11.6 Å². The zero-order valence-electron chi connectivity index (χ0n) is 21.6. The Morgan fingerprint density at radius 1 is 1.00 bits per heavy atom. The first-order chi connectivity index (χ1) is 19.4. The molecule has 2 aliphatic rings. The van der Waals surface area contributed by atoms with E-state index in [1.807, 2.05) is 60.7 Å². The molecule has 2 heterocycles. The fraction of sp³-hybridized carbons (Fsp3) is 0.267. The molecule has 3 aromatic rings. The number of nitrogens with zero attached hydrogens (tertiary/aromatic N) is 1. The summed E-state index contributed by atoms with van der Waals surface area (Å²) in [6.07, 6.45) is 1.27. The van der Waals surface area contributed by atoms with Crippen molar-refractivity contribution in [1.82, 2.24) is 16.0 Å². The maximum absolute atomic E-state index is 14.2. The van der Waals surface area contributed by atoms with Gasteiger partial charge in [-0.3, -0.25) is 19.2 Å². The van der Waals surface area contributed by atoms with Gasteiger partial charge in [0.1, 0.15) is 18.6 Å². The molecule has 0 aromatic heterocycles. The Hall–Kier alpha value is -3.82. The van der Waals surface area contributed by atoms with E-state index in [-0.39, 0.29) is 24.8 Å². The second kappa shape index (κ2) is 12.6. The fourth-order valence-electron chi connectivity index (χ4n) is 4.89. The number of thioether (sulfide) groups is 1. The van der Waals surface area contributed by atoms with Gasteiger partial charge in [0.2, 0.25) is 17.7 Å². The Kier molecular flexibility index (Phi) is 8.72. The third-order valence-corrected chi connectivity index (χ3v) is 8.53. The lowest BCUT2D eigenvalue weighted by Crippen LogP contribution is -2.55. The van der Waals surface area contributed by atoms with Crippen molar-refractivity contribution in [1.29, 1.82) is 0 Å². The van der Waals surface area contributed by atoms with Crippen LogP contribution in [0.5, 0.6) is 0 Å². The van der Waals surface area contributed by atoms with E-state index in [2.05, 4.69) is 16.0 Å². The molecule has 2 aliphatic heterocycles. The number of carbonyl (C=O) groups excluding carboxylic acids is 4. The van der Waals surface area contributed by atoms with E-state index in [1.54, 1.807) is 18.2 Å². The third-order valence-electron chi connectivity index (χ3n) is 6.92. The molecule has 3 aromatic carbocycles. The number of fused-ring (bicyclic) bond motifs is 1. The first-order valence-electron chi connectivity index (χ1n) is 13.1. The molecule has 0 bridgehead atoms. The number of anilines is 1. The van der Waals surface area contributed by atoms with E-state index in [9.17, 15) is 19.2 Å². The zero-order valence-corrected chi connectivity index (χ0v) is 23.2. The molecule has 1 fully saturated rings. The number of hydrogen-bond acceptors (Lipinski definition) is 5. The summed E-state index contributed by atoms with van der Waals surface area (Å²) in [5.41, 5.74) is 2.48. The van der Waals surface area contributed by atoms with Crippen LogP contribution in [0.1, 0.15) is 29.2 Å². The summed E-state index contributed by atoms with van der Waals surface area (Å²) >= 11 is 7.76. The highest BCUT2D eigenvalue weighted by atomic mass is 35.5. The zero-order chi connectivity index (χ0) is 28.1. The van der Waals surface area contributed by atoms with E-state index in [0.29, 0.717) is 30.1 Å². The summed E-state index contributed by atoms with van der Waals surface area (Å²) in [6, 6.07) is 22.7. The molecule has 8 nitrogen and oxygen atoms in total. The molecule has 10 heteroatoms. The van der Waals surface area contributed by atoms with Crippen LogP contribution >= 0.6 is 23.4 Å². The molecule has 4 amide bonds. The largest absolute Gasteiger partial charge is 0.354 e. The van der Waals surface area contributed by atoms with Gasteiger partial charge in [-0.05, 0) is 42.2 Å². The summed E-state index contributed by atoms with van der Waals surface area (Å²) in [5.74, 6) is -1.36. The standard InChI is InChI=1S/C30H29ClN4O4S/c31-21-11-13-23-24(17-21)40-28(20-9-5-2-6-10-20)27(34-29(38)22-12-14-25(36)33-22)30(39)35(23)18-26(37)32-16-15-19-7-3-1-4-8-19/h1-11,13,17,22,27-28H,12,14-16,18H2,(H,32,37)(H,33,36)(H,34,38)/t22-,27+,28+/m0/s1. The number of nitrogens with one attached hydrogen (secondary N) is 3. The van der Waals surface area contributed by atoms with Crippen molar-refractivity contribution >= 4 is 52.7 Å². The van der Waals surface area contributed by atoms with Crippen molar-refractivity contribution in [2.24, 2.45) is 0 Å². The van der Waals surface area contributed by atoms with Crippen LogP contribution in [0.2, 0.25) is 5.02 Å². The van der Waals surface area contributed by atoms with Crippen molar-refractivity contribution in [3.05, 3.63) is 95.0 Å². The molecule has 1 saturated heterocycles. The third kappa shape index (κ3) is 6.48. The Bertz CT molecular complexity index is 1410. The minimum Gasteiger partial charge on any atom is -0.354 e. The Morgan fingerprint density at radius 3 is 2.42 bits per heavy atom. The van der Waals surface area contributed by atoms with Crippen LogP contribution < -0.4 is 20.9 Å². The van der Waals surface area contributed by atoms with Gasteiger partial charge in [-0.25, -0.2) is 0 Å².